The maximum absolute atomic E-state index is 12.5. The Morgan fingerprint density at radius 2 is 2.24 bits per heavy atom. The van der Waals surface area contributed by atoms with Gasteiger partial charge in [-0.2, -0.15) is 0 Å². The SMILES string of the molecule is CNCC1CCCN1C(=O)/C=C(\C)c1ccccc1OC. The molecule has 1 aromatic carbocycles. The average molecular weight is 288 g/mol. The second kappa shape index (κ2) is 7.27. The minimum Gasteiger partial charge on any atom is -0.496 e. The molecule has 0 radical (unpaired) electrons. The van der Waals surface area contributed by atoms with Crippen molar-refractivity contribution in [3.8, 4) is 5.75 Å². The van der Waals surface area contributed by atoms with E-state index in [1.54, 1.807) is 13.2 Å². The van der Waals surface area contributed by atoms with Crippen molar-refractivity contribution in [3.05, 3.63) is 35.9 Å². The van der Waals surface area contributed by atoms with Gasteiger partial charge in [0.2, 0.25) is 5.91 Å². The Labute approximate surface area is 126 Å². The van der Waals surface area contributed by atoms with Crippen LogP contribution in [0.2, 0.25) is 0 Å². The van der Waals surface area contributed by atoms with Crippen LogP contribution in [0.3, 0.4) is 0 Å². The van der Waals surface area contributed by atoms with Crippen LogP contribution < -0.4 is 10.1 Å². The highest BCUT2D eigenvalue weighted by atomic mass is 16.5. The van der Waals surface area contributed by atoms with Crippen LogP contribution in [0.25, 0.3) is 5.57 Å². The molecule has 1 heterocycles. The van der Waals surface area contributed by atoms with E-state index in [1.165, 1.54) is 0 Å². The van der Waals surface area contributed by atoms with Crippen LogP contribution in [-0.4, -0.2) is 44.1 Å². The molecule has 1 atom stereocenters. The van der Waals surface area contributed by atoms with Gasteiger partial charge in [0.15, 0.2) is 0 Å². The molecular formula is C17H24N2O2. The lowest BCUT2D eigenvalue weighted by Crippen LogP contribution is -2.40. The molecule has 0 bridgehead atoms. The summed E-state index contributed by atoms with van der Waals surface area (Å²) in [4.78, 5) is 14.5. The third-order valence-corrected chi connectivity index (χ3v) is 3.97. The van der Waals surface area contributed by atoms with Crippen LogP contribution in [0.15, 0.2) is 30.3 Å². The number of hydrogen-bond acceptors (Lipinski definition) is 3. The first-order chi connectivity index (χ1) is 10.2. The van der Waals surface area contributed by atoms with Crippen molar-refractivity contribution in [1.82, 2.24) is 10.2 Å². The zero-order chi connectivity index (χ0) is 15.2. The first-order valence-electron chi connectivity index (χ1n) is 7.44. The first kappa shape index (κ1) is 15.6. The summed E-state index contributed by atoms with van der Waals surface area (Å²) in [6, 6.07) is 8.09. The van der Waals surface area contributed by atoms with Crippen molar-refractivity contribution < 1.29 is 9.53 Å². The van der Waals surface area contributed by atoms with Gasteiger partial charge >= 0.3 is 0 Å². The lowest BCUT2D eigenvalue weighted by molar-refractivity contribution is -0.126. The number of rotatable bonds is 5. The number of carbonyl (C=O) groups excluding carboxylic acids is 1. The summed E-state index contributed by atoms with van der Waals surface area (Å²) in [5, 5.41) is 3.16. The minimum absolute atomic E-state index is 0.0937. The van der Waals surface area contributed by atoms with Gasteiger partial charge in [-0.1, -0.05) is 18.2 Å². The number of likely N-dealkylation sites (tertiary alicyclic amines) is 1. The molecule has 0 aliphatic carbocycles. The molecule has 1 aromatic rings. The molecule has 1 amide bonds. The second-order valence-corrected chi connectivity index (χ2v) is 5.41. The maximum Gasteiger partial charge on any atom is 0.247 e. The highest BCUT2D eigenvalue weighted by Gasteiger charge is 2.27. The van der Waals surface area contributed by atoms with Crippen molar-refractivity contribution in [2.45, 2.75) is 25.8 Å². The molecule has 0 saturated carbocycles. The van der Waals surface area contributed by atoms with Crippen LogP contribution in [0.5, 0.6) is 5.75 Å². The van der Waals surface area contributed by atoms with Crippen molar-refractivity contribution in [2.75, 3.05) is 27.2 Å². The summed E-state index contributed by atoms with van der Waals surface area (Å²) in [5.74, 6) is 0.892. The molecule has 1 N–H and O–H groups in total. The van der Waals surface area contributed by atoms with E-state index in [1.807, 2.05) is 43.1 Å². The van der Waals surface area contributed by atoms with Crippen LogP contribution in [0.1, 0.15) is 25.3 Å². The molecule has 4 heteroatoms. The highest BCUT2D eigenvalue weighted by Crippen LogP contribution is 2.26. The maximum atomic E-state index is 12.5. The molecule has 1 aliphatic rings. The van der Waals surface area contributed by atoms with Gasteiger partial charge in [0.25, 0.3) is 0 Å². The summed E-state index contributed by atoms with van der Waals surface area (Å²) in [6.07, 6.45) is 3.89. The Kier molecular flexibility index (Phi) is 5.39. The van der Waals surface area contributed by atoms with Crippen molar-refractivity contribution >= 4 is 11.5 Å². The molecule has 4 nitrogen and oxygen atoms in total. The summed E-state index contributed by atoms with van der Waals surface area (Å²) in [7, 11) is 3.58. The number of nitrogens with zero attached hydrogens (tertiary/aromatic N) is 1. The second-order valence-electron chi connectivity index (χ2n) is 5.41. The van der Waals surface area contributed by atoms with Crippen LogP contribution in [0.4, 0.5) is 0 Å². The molecule has 114 valence electrons. The Morgan fingerprint density at radius 3 is 2.95 bits per heavy atom. The Balaban J connectivity index is 2.16. The highest BCUT2D eigenvalue weighted by molar-refractivity contribution is 5.95. The topological polar surface area (TPSA) is 41.6 Å². The molecule has 2 rings (SSSR count). The number of likely N-dealkylation sites (N-methyl/N-ethyl adjacent to an activating group) is 1. The van der Waals surface area contributed by atoms with Crippen molar-refractivity contribution in [2.24, 2.45) is 0 Å². The van der Waals surface area contributed by atoms with Gasteiger partial charge in [0, 0.05) is 30.8 Å². The van der Waals surface area contributed by atoms with E-state index < -0.39 is 0 Å². The van der Waals surface area contributed by atoms with Crippen molar-refractivity contribution in [1.29, 1.82) is 0 Å². The van der Waals surface area contributed by atoms with Crippen LogP contribution in [0, 0.1) is 0 Å². The third-order valence-electron chi connectivity index (χ3n) is 3.97. The molecule has 1 aliphatic heterocycles. The summed E-state index contributed by atoms with van der Waals surface area (Å²) >= 11 is 0. The number of para-hydroxylation sites is 1. The summed E-state index contributed by atoms with van der Waals surface area (Å²) < 4.78 is 5.36. The summed E-state index contributed by atoms with van der Waals surface area (Å²) in [6.45, 7) is 3.66. The quantitative estimate of drug-likeness (QED) is 0.845. The molecule has 0 aromatic heterocycles. The number of carbonyl (C=O) groups is 1. The Morgan fingerprint density at radius 1 is 1.48 bits per heavy atom. The smallest absolute Gasteiger partial charge is 0.247 e. The Hall–Kier alpha value is -1.81. The van der Waals surface area contributed by atoms with E-state index in [9.17, 15) is 4.79 Å². The van der Waals surface area contributed by atoms with E-state index >= 15 is 0 Å². The molecule has 21 heavy (non-hydrogen) atoms. The van der Waals surface area contributed by atoms with Crippen molar-refractivity contribution in [3.63, 3.8) is 0 Å². The lowest BCUT2D eigenvalue weighted by Gasteiger charge is -2.23. The van der Waals surface area contributed by atoms with E-state index in [4.69, 9.17) is 4.74 Å². The van der Waals surface area contributed by atoms with E-state index in [-0.39, 0.29) is 5.91 Å². The third kappa shape index (κ3) is 3.64. The number of methoxy groups -OCH3 is 1. The predicted octanol–water partition coefficient (Wildman–Crippen LogP) is 2.31. The van der Waals surface area contributed by atoms with Gasteiger partial charge in [-0.15, -0.1) is 0 Å². The van der Waals surface area contributed by atoms with E-state index in [2.05, 4.69) is 5.32 Å². The van der Waals surface area contributed by atoms with E-state index in [0.717, 1.165) is 42.8 Å². The number of hydrogen-bond donors (Lipinski definition) is 1. The van der Waals surface area contributed by atoms with Crippen LogP contribution >= 0.6 is 0 Å². The predicted molar refractivity (Wildman–Crippen MR) is 85.3 cm³/mol. The fourth-order valence-electron chi connectivity index (χ4n) is 2.89. The standard InChI is InChI=1S/C17H24N2O2/c1-13(15-8-4-5-9-16(15)21-3)11-17(20)19-10-6-7-14(19)12-18-2/h4-5,8-9,11,14,18H,6-7,10,12H2,1-3H3/b13-11+. The molecule has 1 saturated heterocycles. The van der Waals surface area contributed by atoms with Gasteiger partial charge in [0.1, 0.15) is 5.75 Å². The largest absolute Gasteiger partial charge is 0.496 e. The zero-order valence-electron chi connectivity index (χ0n) is 13.1. The number of nitrogens with one attached hydrogen (secondary N) is 1. The number of ether oxygens (including phenoxy) is 1. The molecule has 0 spiro atoms. The first-order valence-corrected chi connectivity index (χ1v) is 7.44. The zero-order valence-corrected chi connectivity index (χ0v) is 13.1. The minimum atomic E-state index is 0.0937. The van der Waals surface area contributed by atoms with Gasteiger partial charge < -0.3 is 15.0 Å². The van der Waals surface area contributed by atoms with E-state index in [0.29, 0.717) is 6.04 Å². The van der Waals surface area contributed by atoms with Gasteiger partial charge in [-0.05, 0) is 38.5 Å². The number of amides is 1. The monoisotopic (exact) mass is 288 g/mol. The molecular weight excluding hydrogens is 264 g/mol. The van der Waals surface area contributed by atoms with Gasteiger partial charge in [-0.25, -0.2) is 0 Å². The molecule has 1 unspecified atom stereocenters. The normalized spacial score (nSPS) is 18.9. The fraction of sp³-hybridized carbons (Fsp3) is 0.471. The van der Waals surface area contributed by atoms with Crippen LogP contribution in [-0.2, 0) is 4.79 Å². The summed E-state index contributed by atoms with van der Waals surface area (Å²) in [5.41, 5.74) is 1.91. The lowest BCUT2D eigenvalue weighted by atomic mass is 10.1. The fourth-order valence-corrected chi connectivity index (χ4v) is 2.89. The molecule has 1 fully saturated rings. The average Bonchev–Trinajstić information content (AvgIpc) is 2.96. The number of benzene rings is 1. The van der Waals surface area contributed by atoms with Gasteiger partial charge in [0.05, 0.1) is 7.11 Å². The van der Waals surface area contributed by atoms with Gasteiger partial charge in [-0.3, -0.25) is 4.79 Å². The Bertz CT molecular complexity index is 525. The number of allylic oxidation sites excluding steroid dienone is 1.